The van der Waals surface area contributed by atoms with Gasteiger partial charge in [-0.1, -0.05) is 71.1 Å². The molecule has 0 amide bonds. The quantitative estimate of drug-likeness (QED) is 0.121. The Morgan fingerprint density at radius 3 is 2.00 bits per heavy atom. The van der Waals surface area contributed by atoms with Gasteiger partial charge in [0.2, 0.25) is 0 Å². The molecule has 0 bridgehead atoms. The van der Waals surface area contributed by atoms with Gasteiger partial charge in [0.1, 0.15) is 0 Å². The molecule has 0 saturated carbocycles. The summed E-state index contributed by atoms with van der Waals surface area (Å²) in [6, 6.07) is 0. The number of nitrogens with one attached hydrogen (secondary N) is 1. The maximum absolute atomic E-state index is 9.86. The summed E-state index contributed by atoms with van der Waals surface area (Å²) in [6.07, 6.45) is 26.3. The summed E-state index contributed by atoms with van der Waals surface area (Å²) in [7, 11) is -3.06. The van der Waals surface area contributed by atoms with E-state index >= 15 is 0 Å². The fraction of sp³-hybridized carbons (Fsp3) is 0.870. The third-order valence-electron chi connectivity index (χ3n) is 5.28. The van der Waals surface area contributed by atoms with Crippen LogP contribution < -0.4 is 5.09 Å². The molecule has 0 aromatic rings. The van der Waals surface area contributed by atoms with Crippen LogP contribution in [0, 0.1) is 6.42 Å². The summed E-state index contributed by atoms with van der Waals surface area (Å²) in [4.78, 5) is 9.86. The van der Waals surface area contributed by atoms with E-state index in [1.54, 1.807) is 6.26 Å². The van der Waals surface area contributed by atoms with E-state index in [-0.39, 0.29) is 0 Å². The molecule has 0 aromatic carbocycles. The molecular formula is C23H47NO4P. The Kier molecular flexibility index (Phi) is 18.3. The van der Waals surface area contributed by atoms with E-state index in [1.165, 1.54) is 89.9 Å². The van der Waals surface area contributed by atoms with Gasteiger partial charge in [-0.15, -0.1) is 0 Å². The zero-order valence-corrected chi connectivity index (χ0v) is 19.8. The van der Waals surface area contributed by atoms with Crippen LogP contribution in [0.1, 0.15) is 103 Å². The Bertz CT molecular complexity index is 376. The molecule has 0 spiro atoms. The molecular weight excluding hydrogens is 385 g/mol. The summed E-state index contributed by atoms with van der Waals surface area (Å²) >= 11 is 0. The standard InChI is InChI=1S/C23H47NO4P/c1-2-3-4-5-6-7-8-9-10-11-12-13-14-15-16-17-20-26-21-18-22-27-29(25)24-19-23-28-29/h17-18,20,24-25,29H,2-16,19,21-23H2,1H3/b20-17-. The second-order valence-corrected chi connectivity index (χ2v) is 10.1. The Balaban J connectivity index is 1.70. The fourth-order valence-corrected chi connectivity index (χ4v) is 4.91. The SMILES string of the molecule is CCCCCCCCCCCCCCCC/C=C\OC[CH]CO[PH]1(O)NCCO1. The van der Waals surface area contributed by atoms with Crippen molar-refractivity contribution in [1.29, 1.82) is 0 Å². The van der Waals surface area contributed by atoms with Gasteiger partial charge in [0.05, 0.1) is 0 Å². The van der Waals surface area contributed by atoms with E-state index in [0.717, 1.165) is 6.42 Å². The number of hydrogen-bond acceptors (Lipinski definition) is 5. The van der Waals surface area contributed by atoms with Gasteiger partial charge >= 0.3 is 109 Å². The van der Waals surface area contributed by atoms with Gasteiger partial charge in [-0.25, -0.2) is 0 Å². The van der Waals surface area contributed by atoms with Crippen LogP contribution in [0.15, 0.2) is 12.3 Å². The predicted molar refractivity (Wildman–Crippen MR) is 125 cm³/mol. The van der Waals surface area contributed by atoms with Gasteiger partial charge in [0.25, 0.3) is 0 Å². The van der Waals surface area contributed by atoms with Gasteiger partial charge in [-0.2, -0.15) is 0 Å². The Hall–Kier alpha value is -0.190. The van der Waals surface area contributed by atoms with Crippen molar-refractivity contribution < 1.29 is 18.7 Å². The molecule has 1 aliphatic rings. The number of unbranched alkanes of at least 4 members (excludes halogenated alkanes) is 14. The van der Waals surface area contributed by atoms with Crippen molar-refractivity contribution in [2.75, 3.05) is 26.4 Å². The minimum absolute atomic E-state index is 0.336. The number of allylic oxidation sites excluding steroid dienone is 1. The van der Waals surface area contributed by atoms with Crippen molar-refractivity contribution in [2.24, 2.45) is 0 Å². The average Bonchev–Trinajstić information content (AvgIpc) is 3.15. The molecule has 0 atom stereocenters. The number of ether oxygens (including phenoxy) is 1. The molecule has 6 heteroatoms. The first-order valence-electron chi connectivity index (χ1n) is 12.1. The van der Waals surface area contributed by atoms with Crippen LogP contribution in [0.25, 0.3) is 0 Å². The molecule has 173 valence electrons. The molecule has 1 rings (SSSR count). The van der Waals surface area contributed by atoms with Crippen LogP contribution in [0.4, 0.5) is 0 Å². The van der Waals surface area contributed by atoms with Gasteiger partial charge in [-0.3, -0.25) is 0 Å². The van der Waals surface area contributed by atoms with Gasteiger partial charge in [0.15, 0.2) is 0 Å². The molecule has 1 saturated heterocycles. The van der Waals surface area contributed by atoms with E-state index < -0.39 is 8.09 Å². The van der Waals surface area contributed by atoms with Crippen molar-refractivity contribution >= 4 is 8.09 Å². The molecule has 0 aliphatic carbocycles. The summed E-state index contributed by atoms with van der Waals surface area (Å²) < 4.78 is 15.9. The fourth-order valence-electron chi connectivity index (χ4n) is 3.48. The zero-order chi connectivity index (χ0) is 20.9. The van der Waals surface area contributed by atoms with Crippen LogP contribution in [0.2, 0.25) is 0 Å². The average molecular weight is 433 g/mol. The third-order valence-corrected chi connectivity index (χ3v) is 7.13. The third kappa shape index (κ3) is 17.2. The molecule has 0 unspecified atom stereocenters. The van der Waals surface area contributed by atoms with Crippen LogP contribution in [-0.2, 0) is 13.8 Å². The second kappa shape index (κ2) is 19.8. The first-order chi connectivity index (χ1) is 14.3. The summed E-state index contributed by atoms with van der Waals surface area (Å²) in [6.45, 7) is 4.27. The van der Waals surface area contributed by atoms with Crippen LogP contribution in [-0.4, -0.2) is 31.3 Å². The number of rotatable bonds is 21. The van der Waals surface area contributed by atoms with Crippen molar-refractivity contribution in [3.05, 3.63) is 18.8 Å². The van der Waals surface area contributed by atoms with Crippen molar-refractivity contribution in [2.45, 2.75) is 103 Å². The summed E-state index contributed by atoms with van der Waals surface area (Å²) in [5, 5.41) is 2.87. The first-order valence-corrected chi connectivity index (χ1v) is 13.9. The van der Waals surface area contributed by atoms with Crippen LogP contribution in [0.5, 0.6) is 0 Å². The van der Waals surface area contributed by atoms with E-state index in [9.17, 15) is 4.89 Å². The summed E-state index contributed by atoms with van der Waals surface area (Å²) in [5.74, 6) is 0. The molecule has 2 N–H and O–H groups in total. The molecule has 1 fully saturated rings. The van der Waals surface area contributed by atoms with Crippen molar-refractivity contribution in [3.63, 3.8) is 0 Å². The Morgan fingerprint density at radius 2 is 1.45 bits per heavy atom. The van der Waals surface area contributed by atoms with E-state index in [4.69, 9.17) is 13.8 Å². The summed E-state index contributed by atoms with van der Waals surface area (Å²) in [5.41, 5.74) is 0. The molecule has 1 heterocycles. The monoisotopic (exact) mass is 432 g/mol. The van der Waals surface area contributed by atoms with E-state index in [1.807, 2.05) is 6.42 Å². The van der Waals surface area contributed by atoms with Crippen molar-refractivity contribution in [3.8, 4) is 0 Å². The van der Waals surface area contributed by atoms with Crippen molar-refractivity contribution in [1.82, 2.24) is 5.09 Å². The maximum atomic E-state index is 9.86. The normalized spacial score (nSPS) is 17.2. The van der Waals surface area contributed by atoms with Gasteiger partial charge in [-0.05, 0) is 0 Å². The Labute approximate surface area is 180 Å². The molecule has 29 heavy (non-hydrogen) atoms. The van der Waals surface area contributed by atoms with E-state index in [0.29, 0.717) is 26.4 Å². The molecule has 5 nitrogen and oxygen atoms in total. The van der Waals surface area contributed by atoms with Crippen LogP contribution >= 0.6 is 8.09 Å². The topological polar surface area (TPSA) is 60.0 Å². The number of hydrogen-bond donors (Lipinski definition) is 2. The second-order valence-electron chi connectivity index (χ2n) is 8.05. The molecule has 1 aliphatic heterocycles. The zero-order valence-electron chi connectivity index (χ0n) is 18.8. The molecule has 0 aromatic heterocycles. The Morgan fingerprint density at radius 1 is 0.862 bits per heavy atom. The van der Waals surface area contributed by atoms with Gasteiger partial charge in [0, 0.05) is 0 Å². The predicted octanol–water partition coefficient (Wildman–Crippen LogP) is 6.63. The molecule has 1 radical (unpaired) electrons. The van der Waals surface area contributed by atoms with E-state index in [2.05, 4.69) is 18.1 Å². The van der Waals surface area contributed by atoms with Gasteiger partial charge < -0.3 is 0 Å². The minimum atomic E-state index is -3.06. The first kappa shape index (κ1) is 26.8. The van der Waals surface area contributed by atoms with Crippen LogP contribution in [0.3, 0.4) is 0 Å².